The maximum atomic E-state index is 11.2. The third-order valence-electron chi connectivity index (χ3n) is 1.88. The summed E-state index contributed by atoms with van der Waals surface area (Å²) >= 11 is 9.14. The number of rotatable bonds is 5. The predicted molar refractivity (Wildman–Crippen MR) is 69.7 cm³/mol. The second-order valence-corrected chi connectivity index (χ2v) is 4.52. The molecular weight excluding hydrogens is 325 g/mol. The van der Waals surface area contributed by atoms with Crippen molar-refractivity contribution in [3.63, 3.8) is 0 Å². The van der Waals surface area contributed by atoms with Crippen LogP contribution in [0.2, 0.25) is 5.02 Å². The van der Waals surface area contributed by atoms with Gasteiger partial charge in [-0.25, -0.2) is 4.79 Å². The molecule has 18 heavy (non-hydrogen) atoms. The third kappa shape index (κ3) is 4.93. The minimum atomic E-state index is -0.641. The molecule has 0 heterocycles. The molecule has 1 N–H and O–H groups in total. The number of likely N-dealkylation sites (N-methyl/N-ethyl adjacent to an activating group) is 1. The molecule has 0 saturated carbocycles. The van der Waals surface area contributed by atoms with Gasteiger partial charge in [0.15, 0.2) is 13.2 Å². The Labute approximate surface area is 118 Å². The number of nitrogens with one attached hydrogen (secondary N) is 1. The molecule has 1 aromatic carbocycles. The van der Waals surface area contributed by atoms with Crippen LogP contribution in [0, 0.1) is 0 Å². The summed E-state index contributed by atoms with van der Waals surface area (Å²) in [7, 11) is 1.45. The second-order valence-electron chi connectivity index (χ2n) is 3.20. The van der Waals surface area contributed by atoms with Crippen LogP contribution < -0.4 is 10.1 Å². The number of esters is 1. The monoisotopic (exact) mass is 335 g/mol. The van der Waals surface area contributed by atoms with E-state index in [9.17, 15) is 9.59 Å². The van der Waals surface area contributed by atoms with Crippen molar-refractivity contribution < 1.29 is 19.1 Å². The van der Waals surface area contributed by atoms with E-state index in [4.69, 9.17) is 16.3 Å². The number of hydrogen-bond acceptors (Lipinski definition) is 4. The fourth-order valence-corrected chi connectivity index (χ4v) is 1.72. The van der Waals surface area contributed by atoms with E-state index in [0.717, 1.165) is 4.47 Å². The van der Waals surface area contributed by atoms with Crippen LogP contribution in [0.1, 0.15) is 0 Å². The Morgan fingerprint density at radius 3 is 2.72 bits per heavy atom. The molecule has 0 atom stereocenters. The molecule has 7 heteroatoms. The fourth-order valence-electron chi connectivity index (χ4n) is 0.989. The Kier molecular flexibility index (Phi) is 5.94. The van der Waals surface area contributed by atoms with E-state index in [-0.39, 0.29) is 19.1 Å². The van der Waals surface area contributed by atoms with Gasteiger partial charge in [0.1, 0.15) is 5.75 Å². The van der Waals surface area contributed by atoms with Crippen molar-refractivity contribution in [2.24, 2.45) is 0 Å². The van der Waals surface area contributed by atoms with Gasteiger partial charge in [-0.1, -0.05) is 27.5 Å². The summed E-state index contributed by atoms with van der Waals surface area (Å²) in [5.41, 5.74) is 0. The molecule has 1 amide bonds. The highest BCUT2D eigenvalue weighted by molar-refractivity contribution is 9.10. The van der Waals surface area contributed by atoms with Crippen molar-refractivity contribution in [3.8, 4) is 5.75 Å². The van der Waals surface area contributed by atoms with Gasteiger partial charge >= 0.3 is 5.97 Å². The number of carbonyl (C=O) groups excluding carboxylic acids is 2. The molecule has 0 aromatic heterocycles. The highest BCUT2D eigenvalue weighted by atomic mass is 79.9. The molecule has 0 aliphatic heterocycles. The van der Waals surface area contributed by atoms with Gasteiger partial charge in [0, 0.05) is 11.5 Å². The molecule has 5 nitrogen and oxygen atoms in total. The molecule has 0 aliphatic rings. The van der Waals surface area contributed by atoms with Crippen molar-refractivity contribution in [3.05, 3.63) is 27.7 Å². The predicted octanol–water partition coefficient (Wildman–Crippen LogP) is 1.77. The standard InChI is InChI=1S/C11H11BrClNO4/c1-14-10(15)5-18-11(16)6-17-9-3-2-7(12)4-8(9)13/h2-4H,5-6H2,1H3,(H,14,15). The third-order valence-corrected chi connectivity index (χ3v) is 2.67. The molecule has 0 saturated heterocycles. The molecule has 0 bridgehead atoms. The summed E-state index contributed by atoms with van der Waals surface area (Å²) in [5.74, 6) is -0.653. The van der Waals surface area contributed by atoms with Crippen LogP contribution in [0.25, 0.3) is 0 Å². The Morgan fingerprint density at radius 2 is 2.11 bits per heavy atom. The lowest BCUT2D eigenvalue weighted by Gasteiger charge is -2.08. The normalized spacial score (nSPS) is 9.72. The molecule has 0 aliphatic carbocycles. The lowest BCUT2D eigenvalue weighted by molar-refractivity contribution is -0.150. The minimum Gasteiger partial charge on any atom is -0.480 e. The zero-order chi connectivity index (χ0) is 13.5. The van der Waals surface area contributed by atoms with Crippen molar-refractivity contribution in [1.29, 1.82) is 0 Å². The van der Waals surface area contributed by atoms with Crippen LogP contribution in [0.15, 0.2) is 22.7 Å². The molecule has 1 rings (SSSR count). The van der Waals surface area contributed by atoms with E-state index in [1.165, 1.54) is 7.05 Å². The van der Waals surface area contributed by atoms with Gasteiger partial charge in [0.05, 0.1) is 5.02 Å². The minimum absolute atomic E-state index is 0.307. The summed E-state index contributed by atoms with van der Waals surface area (Å²) in [6, 6.07) is 5.00. The van der Waals surface area contributed by atoms with E-state index in [1.807, 2.05) is 0 Å². The highest BCUT2D eigenvalue weighted by Gasteiger charge is 2.09. The maximum absolute atomic E-state index is 11.2. The zero-order valence-electron chi connectivity index (χ0n) is 9.54. The van der Waals surface area contributed by atoms with Crippen molar-refractivity contribution in [2.75, 3.05) is 20.3 Å². The van der Waals surface area contributed by atoms with Gasteiger partial charge in [-0.2, -0.15) is 0 Å². The summed E-state index contributed by atoms with van der Waals surface area (Å²) < 4.78 is 10.6. The molecule has 98 valence electrons. The fraction of sp³-hybridized carbons (Fsp3) is 0.273. The van der Waals surface area contributed by atoms with Gasteiger partial charge in [-0.3, -0.25) is 4.79 Å². The van der Waals surface area contributed by atoms with Gasteiger partial charge in [-0.15, -0.1) is 0 Å². The Balaban J connectivity index is 2.40. The first-order chi connectivity index (χ1) is 8.52. The van der Waals surface area contributed by atoms with Gasteiger partial charge in [0.25, 0.3) is 5.91 Å². The topological polar surface area (TPSA) is 64.6 Å². The zero-order valence-corrected chi connectivity index (χ0v) is 11.9. The number of halogens is 2. The highest BCUT2D eigenvalue weighted by Crippen LogP contribution is 2.27. The van der Waals surface area contributed by atoms with E-state index in [0.29, 0.717) is 10.8 Å². The molecule has 0 fully saturated rings. The van der Waals surface area contributed by atoms with Gasteiger partial charge in [0.2, 0.25) is 0 Å². The quantitative estimate of drug-likeness (QED) is 0.832. The average molecular weight is 337 g/mol. The molecule has 0 unspecified atom stereocenters. The first kappa shape index (κ1) is 14.8. The van der Waals surface area contributed by atoms with Crippen LogP contribution >= 0.6 is 27.5 Å². The van der Waals surface area contributed by atoms with E-state index in [1.54, 1.807) is 18.2 Å². The lowest BCUT2D eigenvalue weighted by Crippen LogP contribution is -2.26. The Bertz CT molecular complexity index is 453. The Hall–Kier alpha value is -1.27. The number of carbonyl (C=O) groups is 2. The smallest absolute Gasteiger partial charge is 0.344 e. The molecule has 0 radical (unpaired) electrons. The molecular formula is C11H11BrClNO4. The molecule has 1 aromatic rings. The molecule has 0 spiro atoms. The number of benzene rings is 1. The van der Waals surface area contributed by atoms with Crippen LogP contribution in [-0.4, -0.2) is 32.1 Å². The van der Waals surface area contributed by atoms with Crippen LogP contribution in [0.5, 0.6) is 5.75 Å². The number of ether oxygens (including phenoxy) is 2. The summed E-state index contributed by atoms with van der Waals surface area (Å²) in [6.45, 7) is -0.634. The van der Waals surface area contributed by atoms with Crippen molar-refractivity contribution >= 4 is 39.4 Å². The van der Waals surface area contributed by atoms with Crippen molar-refractivity contribution in [2.45, 2.75) is 0 Å². The SMILES string of the molecule is CNC(=O)COC(=O)COc1ccc(Br)cc1Cl. The van der Waals surface area contributed by atoms with Gasteiger partial charge in [-0.05, 0) is 18.2 Å². The average Bonchev–Trinajstić information content (AvgIpc) is 2.34. The summed E-state index contributed by atoms with van der Waals surface area (Å²) in [6.07, 6.45) is 0. The largest absolute Gasteiger partial charge is 0.480 e. The lowest BCUT2D eigenvalue weighted by atomic mass is 10.3. The Morgan fingerprint density at radius 1 is 1.39 bits per heavy atom. The van der Waals surface area contributed by atoms with E-state index in [2.05, 4.69) is 26.0 Å². The number of hydrogen-bond donors (Lipinski definition) is 1. The van der Waals surface area contributed by atoms with Crippen molar-refractivity contribution in [1.82, 2.24) is 5.32 Å². The maximum Gasteiger partial charge on any atom is 0.344 e. The summed E-state index contributed by atoms with van der Waals surface area (Å²) in [4.78, 5) is 22.1. The van der Waals surface area contributed by atoms with Gasteiger partial charge < -0.3 is 14.8 Å². The summed E-state index contributed by atoms with van der Waals surface area (Å²) in [5, 5.41) is 2.70. The number of amides is 1. The first-order valence-electron chi connectivity index (χ1n) is 4.97. The first-order valence-corrected chi connectivity index (χ1v) is 6.14. The van der Waals surface area contributed by atoms with Crippen LogP contribution in [0.4, 0.5) is 0 Å². The van der Waals surface area contributed by atoms with Crippen LogP contribution in [-0.2, 0) is 14.3 Å². The van der Waals surface area contributed by atoms with Crippen LogP contribution in [0.3, 0.4) is 0 Å². The van der Waals surface area contributed by atoms with E-state index < -0.39 is 5.97 Å². The second kappa shape index (κ2) is 7.23. The van der Waals surface area contributed by atoms with E-state index >= 15 is 0 Å².